The SMILES string of the molecule is COc1ccc2c(c1)c(C(=O)c1ccsn1)c(C)n2Cc1ccc(Cl)cc1. The molecule has 0 aliphatic rings. The number of halogens is 1. The Bertz CT molecular complexity index is 1120. The molecule has 0 saturated heterocycles. The number of hydrogen-bond acceptors (Lipinski definition) is 4. The molecule has 0 spiro atoms. The first kappa shape index (κ1) is 17.8. The Morgan fingerprint density at radius 2 is 1.96 bits per heavy atom. The van der Waals surface area contributed by atoms with Gasteiger partial charge in [0.05, 0.1) is 12.7 Å². The maximum Gasteiger partial charge on any atom is 0.214 e. The molecule has 0 aliphatic carbocycles. The van der Waals surface area contributed by atoms with Crippen LogP contribution >= 0.6 is 23.1 Å². The minimum absolute atomic E-state index is 0.0677. The number of nitrogens with zero attached hydrogens (tertiary/aromatic N) is 2. The van der Waals surface area contributed by atoms with Crippen LogP contribution in [-0.4, -0.2) is 21.8 Å². The molecule has 4 aromatic rings. The van der Waals surface area contributed by atoms with Crippen molar-refractivity contribution in [2.45, 2.75) is 13.5 Å². The molecule has 0 radical (unpaired) electrons. The molecule has 0 saturated carbocycles. The van der Waals surface area contributed by atoms with Crippen molar-refractivity contribution in [1.82, 2.24) is 8.94 Å². The molecule has 4 nitrogen and oxygen atoms in total. The maximum absolute atomic E-state index is 13.1. The molecule has 0 N–H and O–H groups in total. The van der Waals surface area contributed by atoms with E-state index in [2.05, 4.69) is 8.94 Å². The van der Waals surface area contributed by atoms with E-state index in [0.29, 0.717) is 22.8 Å². The zero-order chi connectivity index (χ0) is 19.0. The van der Waals surface area contributed by atoms with Crippen molar-refractivity contribution >= 4 is 39.8 Å². The second-order valence-electron chi connectivity index (χ2n) is 6.27. The van der Waals surface area contributed by atoms with E-state index in [1.165, 1.54) is 11.5 Å². The molecule has 2 heterocycles. The second-order valence-corrected chi connectivity index (χ2v) is 7.37. The molecule has 0 unspecified atom stereocenters. The summed E-state index contributed by atoms with van der Waals surface area (Å²) in [7, 11) is 1.63. The Labute approximate surface area is 166 Å². The highest BCUT2D eigenvalue weighted by Crippen LogP contribution is 2.32. The van der Waals surface area contributed by atoms with Gasteiger partial charge in [0.15, 0.2) is 0 Å². The van der Waals surface area contributed by atoms with Crippen LogP contribution in [0.15, 0.2) is 53.9 Å². The number of methoxy groups -OCH3 is 1. The van der Waals surface area contributed by atoms with Gasteiger partial charge in [0.1, 0.15) is 11.4 Å². The highest BCUT2D eigenvalue weighted by Gasteiger charge is 2.23. The third-order valence-corrected chi connectivity index (χ3v) is 5.49. The molecule has 6 heteroatoms. The Balaban J connectivity index is 1.90. The number of benzene rings is 2. The fourth-order valence-corrected chi connectivity index (χ4v) is 3.94. The van der Waals surface area contributed by atoms with Gasteiger partial charge in [-0.2, -0.15) is 4.37 Å². The topological polar surface area (TPSA) is 44.1 Å². The zero-order valence-corrected chi connectivity index (χ0v) is 16.5. The molecule has 136 valence electrons. The monoisotopic (exact) mass is 396 g/mol. The quantitative estimate of drug-likeness (QED) is 0.427. The van der Waals surface area contributed by atoms with Crippen LogP contribution in [0.1, 0.15) is 27.3 Å². The number of ketones is 1. The average molecular weight is 397 g/mol. The summed E-state index contributed by atoms with van der Waals surface area (Å²) in [5.41, 5.74) is 4.15. The van der Waals surface area contributed by atoms with Gasteiger partial charge in [-0.15, -0.1) is 0 Å². The van der Waals surface area contributed by atoms with E-state index in [0.717, 1.165) is 27.9 Å². The fraction of sp³-hybridized carbons (Fsp3) is 0.143. The van der Waals surface area contributed by atoms with E-state index in [1.54, 1.807) is 13.2 Å². The lowest BCUT2D eigenvalue weighted by Crippen LogP contribution is -2.06. The third-order valence-electron chi connectivity index (χ3n) is 4.68. The number of rotatable bonds is 5. The predicted octanol–water partition coefficient (Wildman–Crippen LogP) is 5.35. The Morgan fingerprint density at radius 3 is 2.63 bits per heavy atom. The van der Waals surface area contributed by atoms with E-state index in [9.17, 15) is 4.79 Å². The summed E-state index contributed by atoms with van der Waals surface area (Å²) >= 11 is 7.28. The van der Waals surface area contributed by atoms with E-state index in [1.807, 2.05) is 54.8 Å². The lowest BCUT2D eigenvalue weighted by atomic mass is 10.0. The van der Waals surface area contributed by atoms with Gasteiger partial charge in [0, 0.05) is 33.5 Å². The molecule has 0 fully saturated rings. The standard InChI is InChI=1S/C21H17ClN2O2S/c1-13-20(21(25)18-9-10-27-23-18)17-11-16(26-2)7-8-19(17)24(13)12-14-3-5-15(22)6-4-14/h3-11H,12H2,1-2H3. The van der Waals surface area contributed by atoms with E-state index in [-0.39, 0.29) is 5.78 Å². The fourth-order valence-electron chi connectivity index (χ4n) is 3.31. The largest absolute Gasteiger partial charge is 0.497 e. The molecule has 4 rings (SSSR count). The van der Waals surface area contributed by atoms with Gasteiger partial charge in [-0.05, 0) is 60.4 Å². The molecule has 0 atom stereocenters. The van der Waals surface area contributed by atoms with Gasteiger partial charge in [-0.1, -0.05) is 23.7 Å². The van der Waals surface area contributed by atoms with Crippen LogP contribution in [0.25, 0.3) is 10.9 Å². The zero-order valence-electron chi connectivity index (χ0n) is 14.9. The summed E-state index contributed by atoms with van der Waals surface area (Å²) in [5, 5.41) is 3.39. The van der Waals surface area contributed by atoms with Crippen molar-refractivity contribution in [3.63, 3.8) is 0 Å². The molecular weight excluding hydrogens is 380 g/mol. The first-order chi connectivity index (χ1) is 13.1. The van der Waals surface area contributed by atoms with Gasteiger partial charge < -0.3 is 9.30 Å². The molecule has 0 amide bonds. The van der Waals surface area contributed by atoms with Crippen molar-refractivity contribution in [1.29, 1.82) is 0 Å². The molecule has 2 aromatic heterocycles. The van der Waals surface area contributed by atoms with Crippen LogP contribution in [0.3, 0.4) is 0 Å². The second kappa shape index (κ2) is 7.18. The van der Waals surface area contributed by atoms with Crippen molar-refractivity contribution in [3.05, 3.63) is 81.4 Å². The molecule has 27 heavy (non-hydrogen) atoms. The highest BCUT2D eigenvalue weighted by atomic mass is 35.5. The van der Waals surface area contributed by atoms with Crippen molar-refractivity contribution < 1.29 is 9.53 Å². The van der Waals surface area contributed by atoms with E-state index >= 15 is 0 Å². The van der Waals surface area contributed by atoms with Crippen LogP contribution < -0.4 is 4.74 Å². The summed E-state index contributed by atoms with van der Waals surface area (Å²) in [6.07, 6.45) is 0. The van der Waals surface area contributed by atoms with Crippen molar-refractivity contribution in [2.24, 2.45) is 0 Å². The number of carbonyl (C=O) groups is 1. The summed E-state index contributed by atoms with van der Waals surface area (Å²) in [4.78, 5) is 13.1. The lowest BCUT2D eigenvalue weighted by molar-refractivity contribution is 0.103. The predicted molar refractivity (Wildman–Crippen MR) is 109 cm³/mol. The third kappa shape index (κ3) is 3.24. The van der Waals surface area contributed by atoms with Crippen LogP contribution in [0.5, 0.6) is 5.75 Å². The molecule has 0 aliphatic heterocycles. The first-order valence-corrected chi connectivity index (χ1v) is 9.66. The maximum atomic E-state index is 13.1. The Morgan fingerprint density at radius 1 is 1.19 bits per heavy atom. The van der Waals surface area contributed by atoms with Crippen molar-refractivity contribution in [3.8, 4) is 5.75 Å². The number of fused-ring (bicyclic) bond motifs is 1. The van der Waals surface area contributed by atoms with Gasteiger partial charge in [0.2, 0.25) is 5.78 Å². The lowest BCUT2D eigenvalue weighted by Gasteiger charge is -2.09. The highest BCUT2D eigenvalue weighted by molar-refractivity contribution is 7.03. The summed E-state index contributed by atoms with van der Waals surface area (Å²) < 4.78 is 11.8. The van der Waals surface area contributed by atoms with E-state index < -0.39 is 0 Å². The molecule has 0 bridgehead atoms. The minimum Gasteiger partial charge on any atom is -0.497 e. The van der Waals surface area contributed by atoms with Crippen molar-refractivity contribution in [2.75, 3.05) is 7.11 Å². The average Bonchev–Trinajstić information content (AvgIpc) is 3.30. The molecular formula is C21H17ClN2O2S. The summed E-state index contributed by atoms with van der Waals surface area (Å²) in [6.45, 7) is 2.62. The van der Waals surface area contributed by atoms with Crippen LogP contribution in [-0.2, 0) is 6.54 Å². The number of hydrogen-bond donors (Lipinski definition) is 0. The van der Waals surface area contributed by atoms with Crippen LogP contribution in [0, 0.1) is 6.92 Å². The number of aromatic nitrogens is 2. The first-order valence-electron chi connectivity index (χ1n) is 8.45. The normalized spacial score (nSPS) is 11.1. The van der Waals surface area contributed by atoms with Crippen LogP contribution in [0.2, 0.25) is 5.02 Å². The van der Waals surface area contributed by atoms with E-state index in [4.69, 9.17) is 16.3 Å². The Kier molecular flexibility index (Phi) is 4.72. The smallest absolute Gasteiger partial charge is 0.214 e. The summed E-state index contributed by atoms with van der Waals surface area (Å²) in [6, 6.07) is 15.3. The van der Waals surface area contributed by atoms with Gasteiger partial charge >= 0.3 is 0 Å². The molecule has 2 aromatic carbocycles. The van der Waals surface area contributed by atoms with Gasteiger partial charge in [0.25, 0.3) is 0 Å². The Hall–Kier alpha value is -2.63. The number of ether oxygens (including phenoxy) is 1. The van der Waals surface area contributed by atoms with Gasteiger partial charge in [-0.25, -0.2) is 0 Å². The van der Waals surface area contributed by atoms with Gasteiger partial charge in [-0.3, -0.25) is 4.79 Å². The number of carbonyl (C=O) groups excluding carboxylic acids is 1. The van der Waals surface area contributed by atoms with Crippen LogP contribution in [0.4, 0.5) is 0 Å². The summed E-state index contributed by atoms with van der Waals surface area (Å²) in [5.74, 6) is 0.653. The minimum atomic E-state index is -0.0677.